The number of aliphatic hydroxyl groups is 2. The molecule has 2 spiro atoms. The van der Waals surface area contributed by atoms with Crippen molar-refractivity contribution in [3.05, 3.63) is 70.5 Å². The Morgan fingerprint density at radius 3 is 2.44 bits per heavy atom. The third-order valence-corrected chi connectivity index (χ3v) is 17.4. The Hall–Kier alpha value is -3.12. The highest BCUT2D eigenvalue weighted by Gasteiger charge is 2.74. The minimum atomic E-state index is -4.60. The molecule has 7 aliphatic rings. The number of furan rings is 1. The third kappa shape index (κ3) is 7.14. The van der Waals surface area contributed by atoms with Gasteiger partial charge in [-0.2, -0.15) is 13.2 Å². The molecule has 2 aromatic rings. The molecule has 0 saturated heterocycles. The van der Waals surface area contributed by atoms with Crippen LogP contribution in [0.25, 0.3) is 11.3 Å². The zero-order valence-corrected chi connectivity index (χ0v) is 37.2. The van der Waals surface area contributed by atoms with Crippen molar-refractivity contribution in [2.24, 2.45) is 51.2 Å². The quantitative estimate of drug-likeness (QED) is 0.131. The van der Waals surface area contributed by atoms with E-state index in [0.717, 1.165) is 37.8 Å². The maximum absolute atomic E-state index is 15.2. The number of Topliss-reactive ketones (excluding diaryl/α,β-unsaturated/α-hetero) is 1. The van der Waals surface area contributed by atoms with Crippen LogP contribution in [0.2, 0.25) is 5.02 Å². The van der Waals surface area contributed by atoms with Crippen LogP contribution in [0.15, 0.2) is 58.6 Å². The lowest BCUT2D eigenvalue weighted by molar-refractivity contribution is -0.175. The zero-order valence-electron chi connectivity index (χ0n) is 36.5. The molecule has 0 aliphatic heterocycles. The highest BCUT2D eigenvalue weighted by Crippen LogP contribution is 2.78. The number of alkyl halides is 3. The van der Waals surface area contributed by atoms with E-state index in [9.17, 15) is 28.2 Å². The Bertz CT molecular complexity index is 2080. The smallest absolute Gasteiger partial charge is 0.416 e. The molecule has 11 atom stereocenters. The number of allylic oxidation sites excluding steroid dienone is 4. The number of methoxy groups -OCH3 is 1. The molecular weight excluding hydrogens is 807 g/mol. The van der Waals surface area contributed by atoms with Gasteiger partial charge < -0.3 is 29.0 Å². The number of halogens is 4. The molecule has 2 bridgehead atoms. The normalized spacial score (nSPS) is 37.8. The monoisotopic (exact) mass is 869 g/mol. The van der Waals surface area contributed by atoms with E-state index in [1.165, 1.54) is 18.2 Å². The number of carbonyl (C=O) groups is 2. The lowest BCUT2D eigenvalue weighted by Crippen LogP contribution is -2.67. The number of hydrogen-bond donors (Lipinski definition) is 2. The van der Waals surface area contributed by atoms with Gasteiger partial charge in [-0.3, -0.25) is 4.79 Å². The molecule has 334 valence electrons. The highest BCUT2D eigenvalue weighted by molar-refractivity contribution is 6.33. The van der Waals surface area contributed by atoms with Gasteiger partial charge in [0, 0.05) is 47.6 Å². The summed E-state index contributed by atoms with van der Waals surface area (Å²) in [6.07, 6.45) is 8.53. The Balaban J connectivity index is 1.15. The number of benzene rings is 1. The SMILES string of the molecule is COCCCN(C[C@]1(O)CC[C@H]2[C@]34C=C[C@@]5(C=C3C(=O)c3ccc(-c6cc(C(F)(F)F)ccc6Cl)o3)CC(O)CC[C@]5(C)[C@H]4CC[C@@]21C)C(=O)O[C@H]1C[C@@H](C)CC[C@@H]1C(C)C. The molecule has 1 aromatic carbocycles. The number of rotatable bonds is 11. The lowest BCUT2D eigenvalue weighted by Gasteiger charge is -2.71. The van der Waals surface area contributed by atoms with Gasteiger partial charge in [0.1, 0.15) is 11.9 Å². The van der Waals surface area contributed by atoms with E-state index >= 15 is 4.79 Å². The first-order valence-electron chi connectivity index (χ1n) is 22.5. The summed E-state index contributed by atoms with van der Waals surface area (Å²) in [7, 11) is 1.63. The van der Waals surface area contributed by atoms with Crippen molar-refractivity contribution in [3.8, 4) is 11.3 Å². The molecule has 9 rings (SSSR count). The third-order valence-electron chi connectivity index (χ3n) is 17.0. The molecule has 1 amide bonds. The number of fused-ring (bicyclic) bond motifs is 1. The second-order valence-electron chi connectivity index (χ2n) is 20.5. The standard InChI is InChI=1S/C49H63ClF3NO7/c1-29(2)33-10-8-30(3)24-39(33)61-43(57)54(22-7-23-59-6)28-47(58)19-16-41-45(47,5)18-15-40-44(4)17-14-32(55)26-46(44)20-21-48(40,41)35(27-46)42(56)38-13-12-37(60-38)34-25-31(49(51,52)53)9-11-36(34)50/h9,11-13,20-21,25,27,29-30,32-33,39-41,55,58H,7-8,10,14-19,22-24,26,28H2,1-6H3/t30-,32?,33+,39-,40+,41+,44+,45-,46-,47+,48+/m0/s1. The molecule has 61 heavy (non-hydrogen) atoms. The number of ketones is 1. The van der Waals surface area contributed by atoms with E-state index in [1.807, 2.05) is 0 Å². The second kappa shape index (κ2) is 15.8. The molecular formula is C49H63ClF3NO7. The van der Waals surface area contributed by atoms with Crippen LogP contribution >= 0.6 is 11.6 Å². The number of hydrogen-bond acceptors (Lipinski definition) is 7. The number of amides is 1. The first-order chi connectivity index (χ1) is 28.7. The van der Waals surface area contributed by atoms with Crippen LogP contribution in [0.4, 0.5) is 18.0 Å². The van der Waals surface area contributed by atoms with E-state index < -0.39 is 45.8 Å². The van der Waals surface area contributed by atoms with Crippen molar-refractivity contribution in [3.63, 3.8) is 0 Å². The summed E-state index contributed by atoms with van der Waals surface area (Å²) in [4.78, 5) is 31.2. The molecule has 0 radical (unpaired) electrons. The predicted octanol–water partition coefficient (Wildman–Crippen LogP) is 11.3. The van der Waals surface area contributed by atoms with Crippen LogP contribution in [0, 0.1) is 51.2 Å². The number of ether oxygens (including phenoxy) is 2. The molecule has 4 fully saturated rings. The first kappa shape index (κ1) is 44.5. The van der Waals surface area contributed by atoms with Crippen molar-refractivity contribution in [1.29, 1.82) is 0 Å². The summed E-state index contributed by atoms with van der Waals surface area (Å²) in [6, 6.07) is 6.02. The summed E-state index contributed by atoms with van der Waals surface area (Å²) in [5.74, 6) is 0.547. The van der Waals surface area contributed by atoms with Gasteiger partial charge in [-0.15, -0.1) is 0 Å². The average molecular weight is 870 g/mol. The molecule has 12 heteroatoms. The summed E-state index contributed by atoms with van der Waals surface area (Å²) in [6.45, 7) is 11.9. The molecule has 1 unspecified atom stereocenters. The minimum Gasteiger partial charge on any atom is -0.453 e. The van der Waals surface area contributed by atoms with Crippen LogP contribution in [0.1, 0.15) is 121 Å². The number of aliphatic hydroxyl groups excluding tert-OH is 1. The molecule has 1 heterocycles. The van der Waals surface area contributed by atoms with E-state index in [1.54, 1.807) is 12.0 Å². The highest BCUT2D eigenvalue weighted by atomic mass is 35.5. The van der Waals surface area contributed by atoms with Crippen LogP contribution in [-0.2, 0) is 15.7 Å². The Kier molecular flexibility index (Phi) is 11.6. The van der Waals surface area contributed by atoms with Crippen LogP contribution in [-0.4, -0.2) is 71.6 Å². The summed E-state index contributed by atoms with van der Waals surface area (Å²) < 4.78 is 59.2. The van der Waals surface area contributed by atoms with Crippen molar-refractivity contribution in [2.45, 2.75) is 129 Å². The average Bonchev–Trinajstić information content (AvgIpc) is 3.79. The predicted molar refractivity (Wildman–Crippen MR) is 227 cm³/mol. The molecule has 4 saturated carbocycles. The van der Waals surface area contributed by atoms with Gasteiger partial charge in [-0.25, -0.2) is 4.79 Å². The Morgan fingerprint density at radius 2 is 1.72 bits per heavy atom. The van der Waals surface area contributed by atoms with Gasteiger partial charge >= 0.3 is 12.3 Å². The van der Waals surface area contributed by atoms with Crippen molar-refractivity contribution >= 4 is 23.5 Å². The van der Waals surface area contributed by atoms with Crippen LogP contribution < -0.4 is 0 Å². The lowest BCUT2D eigenvalue weighted by atomic mass is 9.32. The van der Waals surface area contributed by atoms with Gasteiger partial charge in [0.25, 0.3) is 0 Å². The van der Waals surface area contributed by atoms with E-state index in [-0.39, 0.29) is 63.7 Å². The fourth-order valence-corrected chi connectivity index (χ4v) is 13.8. The van der Waals surface area contributed by atoms with E-state index in [4.69, 9.17) is 25.5 Å². The largest absolute Gasteiger partial charge is 0.453 e. The summed E-state index contributed by atoms with van der Waals surface area (Å²) in [5, 5.41) is 24.4. The first-order valence-corrected chi connectivity index (χ1v) is 22.9. The summed E-state index contributed by atoms with van der Waals surface area (Å²) >= 11 is 6.41. The maximum atomic E-state index is 15.2. The van der Waals surface area contributed by atoms with Crippen molar-refractivity contribution < 1.29 is 46.9 Å². The minimum absolute atomic E-state index is 0.00162. The molecule has 8 nitrogen and oxygen atoms in total. The van der Waals surface area contributed by atoms with Crippen LogP contribution in [0.3, 0.4) is 0 Å². The topological polar surface area (TPSA) is 109 Å². The number of carbonyl (C=O) groups excluding carboxylic acids is 2. The van der Waals surface area contributed by atoms with Crippen molar-refractivity contribution in [2.75, 3.05) is 26.8 Å². The fourth-order valence-electron chi connectivity index (χ4n) is 13.6. The maximum Gasteiger partial charge on any atom is 0.416 e. The van der Waals surface area contributed by atoms with Crippen LogP contribution in [0.5, 0.6) is 0 Å². The van der Waals surface area contributed by atoms with E-state index in [2.05, 4.69) is 52.8 Å². The van der Waals surface area contributed by atoms with E-state index in [0.29, 0.717) is 75.5 Å². The Morgan fingerprint density at radius 1 is 1.00 bits per heavy atom. The van der Waals surface area contributed by atoms with Gasteiger partial charge in [-0.1, -0.05) is 70.9 Å². The van der Waals surface area contributed by atoms with Crippen molar-refractivity contribution in [1.82, 2.24) is 4.90 Å². The fraction of sp³-hybridized carbons (Fsp3) is 0.673. The van der Waals surface area contributed by atoms with Gasteiger partial charge in [0.2, 0.25) is 5.78 Å². The molecule has 1 aromatic heterocycles. The molecule has 2 N–H and O–H groups in total. The van der Waals surface area contributed by atoms with Gasteiger partial charge in [0.05, 0.1) is 28.8 Å². The number of nitrogens with zero attached hydrogens (tertiary/aromatic N) is 1. The van der Waals surface area contributed by atoms with Gasteiger partial charge in [-0.05, 0) is 130 Å². The Labute approximate surface area is 363 Å². The second-order valence-corrected chi connectivity index (χ2v) is 20.9. The molecule has 7 aliphatic carbocycles. The van der Waals surface area contributed by atoms with Gasteiger partial charge in [0.15, 0.2) is 5.76 Å². The zero-order chi connectivity index (χ0) is 43.9. The summed E-state index contributed by atoms with van der Waals surface area (Å²) in [5.41, 5.74) is -4.05.